The lowest BCUT2D eigenvalue weighted by molar-refractivity contribution is 0.798. The Morgan fingerprint density at radius 3 is 2.87 bits per heavy atom. The number of nitrogens with zero attached hydrogens (tertiary/aromatic N) is 3. The summed E-state index contributed by atoms with van der Waals surface area (Å²) in [4.78, 5) is 8.86. The van der Waals surface area contributed by atoms with Crippen LogP contribution < -0.4 is 0 Å². The molecule has 0 unspecified atom stereocenters. The summed E-state index contributed by atoms with van der Waals surface area (Å²) in [5, 5.41) is 10.0. The predicted molar refractivity (Wildman–Crippen MR) is 59.7 cm³/mol. The van der Waals surface area contributed by atoms with Gasteiger partial charge in [-0.05, 0) is 25.5 Å². The molecule has 1 aliphatic carbocycles. The number of aryl methyl sites for hydroxylation is 1. The lowest BCUT2D eigenvalue weighted by atomic mass is 10.1. The van der Waals surface area contributed by atoms with Gasteiger partial charge in [0, 0.05) is 0 Å². The highest BCUT2D eigenvalue weighted by molar-refractivity contribution is 7.99. The highest BCUT2D eigenvalue weighted by Crippen LogP contribution is 2.46. The second-order valence-corrected chi connectivity index (χ2v) is 5.03. The minimum absolute atomic E-state index is 0.316. The van der Waals surface area contributed by atoms with E-state index in [1.54, 1.807) is 18.0 Å². The number of hydrogen-bond acceptors (Lipinski definition) is 4. The minimum Gasteiger partial charge on any atom is -0.257 e. The van der Waals surface area contributed by atoms with Gasteiger partial charge in [0.25, 0.3) is 0 Å². The number of nitriles is 1. The third kappa shape index (κ3) is 1.84. The monoisotopic (exact) mass is 219 g/mol. The summed E-state index contributed by atoms with van der Waals surface area (Å²) in [6.45, 7) is 4.05. The van der Waals surface area contributed by atoms with Crippen LogP contribution in [0.4, 0.5) is 0 Å². The molecule has 3 nitrogen and oxygen atoms in total. The summed E-state index contributed by atoms with van der Waals surface area (Å²) >= 11 is 1.69. The summed E-state index contributed by atoms with van der Waals surface area (Å²) < 4.78 is 0. The highest BCUT2D eigenvalue weighted by Gasteiger charge is 2.46. The molecule has 4 heteroatoms. The first-order valence-electron chi connectivity index (χ1n) is 5.10. The summed E-state index contributed by atoms with van der Waals surface area (Å²) in [5.74, 6) is 0.985. The van der Waals surface area contributed by atoms with Gasteiger partial charge in [-0.15, -0.1) is 11.8 Å². The molecule has 15 heavy (non-hydrogen) atoms. The Morgan fingerprint density at radius 2 is 2.33 bits per heavy atom. The number of hydrogen-bond donors (Lipinski definition) is 0. The Kier molecular flexibility index (Phi) is 2.66. The minimum atomic E-state index is -0.316. The first kappa shape index (κ1) is 10.4. The maximum atomic E-state index is 9.08. The van der Waals surface area contributed by atoms with Crippen LogP contribution in [0.5, 0.6) is 0 Å². The molecule has 0 aromatic carbocycles. The molecule has 2 rings (SSSR count). The topological polar surface area (TPSA) is 49.6 Å². The fraction of sp³-hybridized carbons (Fsp3) is 0.545. The van der Waals surface area contributed by atoms with Gasteiger partial charge in [0.2, 0.25) is 0 Å². The van der Waals surface area contributed by atoms with E-state index in [4.69, 9.17) is 5.26 Å². The van der Waals surface area contributed by atoms with Crippen molar-refractivity contribution in [3.63, 3.8) is 0 Å². The lowest BCUT2D eigenvalue weighted by Crippen LogP contribution is -2.08. The molecular formula is C11H13N3S. The van der Waals surface area contributed by atoms with Gasteiger partial charge in [-0.1, -0.05) is 6.92 Å². The van der Waals surface area contributed by atoms with Crippen LogP contribution in [0, 0.1) is 18.3 Å². The molecule has 0 saturated heterocycles. The smallest absolute Gasteiger partial charge is 0.118 e. The molecule has 1 heterocycles. The average Bonchev–Trinajstić information content (AvgIpc) is 3.02. The van der Waals surface area contributed by atoms with Gasteiger partial charge in [-0.3, -0.25) is 4.98 Å². The van der Waals surface area contributed by atoms with E-state index in [0.29, 0.717) is 0 Å². The Balaban J connectivity index is 2.35. The lowest BCUT2D eigenvalue weighted by Gasteiger charge is -2.08. The van der Waals surface area contributed by atoms with Crippen molar-refractivity contribution in [1.29, 1.82) is 5.26 Å². The van der Waals surface area contributed by atoms with E-state index in [1.807, 2.05) is 6.92 Å². The summed E-state index contributed by atoms with van der Waals surface area (Å²) in [7, 11) is 0. The maximum Gasteiger partial charge on any atom is 0.118 e. The molecule has 1 aromatic heterocycles. The molecule has 0 amide bonds. The first-order chi connectivity index (χ1) is 7.22. The van der Waals surface area contributed by atoms with Crippen molar-refractivity contribution >= 4 is 11.8 Å². The van der Waals surface area contributed by atoms with Crippen molar-refractivity contribution in [2.75, 3.05) is 5.75 Å². The highest BCUT2D eigenvalue weighted by atomic mass is 32.2. The summed E-state index contributed by atoms with van der Waals surface area (Å²) in [5.41, 5.74) is 1.50. The predicted octanol–water partition coefficient (Wildman–Crippen LogP) is 2.45. The second-order valence-electron chi connectivity index (χ2n) is 3.77. The molecule has 78 valence electrons. The molecule has 1 saturated carbocycles. The van der Waals surface area contributed by atoms with Gasteiger partial charge in [-0.2, -0.15) is 5.26 Å². The fourth-order valence-corrected chi connectivity index (χ4v) is 2.18. The van der Waals surface area contributed by atoms with E-state index in [1.165, 1.54) is 0 Å². The quantitative estimate of drug-likeness (QED) is 0.733. The van der Waals surface area contributed by atoms with Crippen LogP contribution >= 0.6 is 11.8 Å². The molecule has 1 aliphatic rings. The van der Waals surface area contributed by atoms with E-state index < -0.39 is 0 Å². The normalized spacial score (nSPS) is 17.1. The van der Waals surface area contributed by atoms with Gasteiger partial charge in [0.1, 0.15) is 10.4 Å². The molecule has 0 N–H and O–H groups in total. The van der Waals surface area contributed by atoms with Crippen molar-refractivity contribution in [3.8, 4) is 6.07 Å². The van der Waals surface area contributed by atoms with E-state index in [9.17, 15) is 0 Å². The van der Waals surface area contributed by atoms with Crippen molar-refractivity contribution in [3.05, 3.63) is 17.6 Å². The van der Waals surface area contributed by atoms with Crippen molar-refractivity contribution in [2.24, 2.45) is 0 Å². The molecule has 0 atom stereocenters. The molecule has 1 fully saturated rings. The number of thioether (sulfide) groups is 1. The van der Waals surface area contributed by atoms with E-state index in [0.717, 1.165) is 35.0 Å². The number of rotatable bonds is 3. The zero-order valence-electron chi connectivity index (χ0n) is 8.95. The van der Waals surface area contributed by atoms with Gasteiger partial charge in [0.05, 0.1) is 23.7 Å². The Morgan fingerprint density at radius 1 is 1.60 bits per heavy atom. The molecule has 0 bridgehead atoms. The van der Waals surface area contributed by atoms with Gasteiger partial charge in [-0.25, -0.2) is 4.98 Å². The first-order valence-corrected chi connectivity index (χ1v) is 6.08. The standard InChI is InChI=1S/C11H13N3S/c1-3-15-10-8(2)13-6-9(14-10)11(7-12)4-5-11/h6H,3-5H2,1-2H3. The van der Waals surface area contributed by atoms with Crippen LogP contribution in [0.25, 0.3) is 0 Å². The molecule has 0 aliphatic heterocycles. The van der Waals surface area contributed by atoms with Crippen LogP contribution in [0.15, 0.2) is 11.2 Å². The second kappa shape index (κ2) is 3.82. The summed E-state index contributed by atoms with van der Waals surface area (Å²) in [6, 6.07) is 2.35. The zero-order valence-corrected chi connectivity index (χ0v) is 9.77. The van der Waals surface area contributed by atoms with Crippen LogP contribution in [0.1, 0.15) is 31.2 Å². The Hall–Kier alpha value is -1.08. The third-order valence-corrected chi connectivity index (χ3v) is 3.60. The fourth-order valence-electron chi connectivity index (χ4n) is 1.49. The Labute approximate surface area is 93.9 Å². The van der Waals surface area contributed by atoms with E-state index in [2.05, 4.69) is 23.0 Å². The molecular weight excluding hydrogens is 206 g/mol. The van der Waals surface area contributed by atoms with Crippen LogP contribution in [-0.4, -0.2) is 15.7 Å². The van der Waals surface area contributed by atoms with Crippen LogP contribution in [0.2, 0.25) is 0 Å². The SMILES string of the molecule is CCSc1nc(C2(C#N)CC2)cnc1C. The van der Waals surface area contributed by atoms with E-state index in [-0.39, 0.29) is 5.41 Å². The Bertz CT molecular complexity index is 418. The van der Waals surface area contributed by atoms with Gasteiger partial charge < -0.3 is 0 Å². The summed E-state index contributed by atoms with van der Waals surface area (Å²) in [6.07, 6.45) is 3.61. The molecule has 0 radical (unpaired) electrons. The van der Waals surface area contributed by atoms with Gasteiger partial charge >= 0.3 is 0 Å². The van der Waals surface area contributed by atoms with Crippen molar-refractivity contribution < 1.29 is 0 Å². The average molecular weight is 219 g/mol. The third-order valence-electron chi connectivity index (χ3n) is 2.65. The van der Waals surface area contributed by atoms with Crippen molar-refractivity contribution in [2.45, 2.75) is 37.1 Å². The van der Waals surface area contributed by atoms with Crippen LogP contribution in [0.3, 0.4) is 0 Å². The van der Waals surface area contributed by atoms with Crippen LogP contribution in [-0.2, 0) is 5.41 Å². The zero-order chi connectivity index (χ0) is 10.9. The molecule has 0 spiro atoms. The van der Waals surface area contributed by atoms with E-state index >= 15 is 0 Å². The number of aromatic nitrogens is 2. The van der Waals surface area contributed by atoms with Crippen molar-refractivity contribution in [1.82, 2.24) is 9.97 Å². The largest absolute Gasteiger partial charge is 0.257 e. The maximum absolute atomic E-state index is 9.08. The molecule has 1 aromatic rings. The van der Waals surface area contributed by atoms with Gasteiger partial charge in [0.15, 0.2) is 0 Å².